The fourth-order valence-electron chi connectivity index (χ4n) is 2.19. The molecule has 0 aliphatic carbocycles. The molecule has 0 bridgehead atoms. The number of nitrogens with zero attached hydrogens (tertiary/aromatic N) is 1. The van der Waals surface area contributed by atoms with Crippen molar-refractivity contribution in [2.45, 2.75) is 19.9 Å². The van der Waals surface area contributed by atoms with E-state index in [1.165, 1.54) is 4.90 Å². The quantitative estimate of drug-likeness (QED) is 0.595. The summed E-state index contributed by atoms with van der Waals surface area (Å²) in [5.74, 6) is -0.0308. The maximum Gasteiger partial charge on any atom is 0.322 e. The van der Waals surface area contributed by atoms with Gasteiger partial charge in [0, 0.05) is 11.4 Å². The number of anilines is 1. The standard InChI is InChI=1S/C16H20N4O/c1-11(2)20(10-15(17)18)16(21)19-14-9-5-7-12-6-3-4-8-13(12)14/h3-9,11H,10H2,1-2H3,(H3,17,18)(H,19,21). The van der Waals surface area contributed by atoms with Crippen LogP contribution in [-0.2, 0) is 0 Å². The summed E-state index contributed by atoms with van der Waals surface area (Å²) in [6.07, 6.45) is 0. The maximum absolute atomic E-state index is 12.4. The van der Waals surface area contributed by atoms with Crippen LogP contribution in [0.5, 0.6) is 0 Å². The Morgan fingerprint density at radius 3 is 2.57 bits per heavy atom. The van der Waals surface area contributed by atoms with Gasteiger partial charge < -0.3 is 16.0 Å². The molecule has 0 heterocycles. The van der Waals surface area contributed by atoms with E-state index in [-0.39, 0.29) is 24.5 Å². The Morgan fingerprint density at radius 1 is 1.24 bits per heavy atom. The summed E-state index contributed by atoms with van der Waals surface area (Å²) in [5, 5.41) is 12.3. The molecule has 2 rings (SSSR count). The van der Waals surface area contributed by atoms with Crippen molar-refractivity contribution in [1.29, 1.82) is 5.41 Å². The second-order valence-electron chi connectivity index (χ2n) is 5.20. The summed E-state index contributed by atoms with van der Waals surface area (Å²) in [6.45, 7) is 3.91. The number of rotatable bonds is 4. The third kappa shape index (κ3) is 3.51. The van der Waals surface area contributed by atoms with Crippen molar-refractivity contribution in [3.8, 4) is 0 Å². The topological polar surface area (TPSA) is 82.2 Å². The molecule has 2 aromatic rings. The molecule has 0 saturated heterocycles. The van der Waals surface area contributed by atoms with Gasteiger partial charge in [-0.1, -0.05) is 36.4 Å². The van der Waals surface area contributed by atoms with E-state index in [1.54, 1.807) is 0 Å². The zero-order valence-electron chi connectivity index (χ0n) is 12.3. The number of urea groups is 1. The molecule has 0 fully saturated rings. The van der Waals surface area contributed by atoms with E-state index in [2.05, 4.69) is 5.32 Å². The molecule has 0 radical (unpaired) electrons. The Bertz CT molecular complexity index is 661. The predicted molar refractivity (Wildman–Crippen MR) is 86.7 cm³/mol. The third-order valence-electron chi connectivity index (χ3n) is 3.26. The minimum absolute atomic E-state index is 0.0308. The minimum Gasteiger partial charge on any atom is -0.386 e. The number of nitrogens with two attached hydrogens (primary N) is 1. The van der Waals surface area contributed by atoms with Crippen molar-refractivity contribution in [2.75, 3.05) is 11.9 Å². The summed E-state index contributed by atoms with van der Waals surface area (Å²) in [7, 11) is 0. The van der Waals surface area contributed by atoms with Crippen molar-refractivity contribution in [2.24, 2.45) is 5.73 Å². The number of fused-ring (bicyclic) bond motifs is 1. The molecule has 0 aliphatic heterocycles. The third-order valence-corrected chi connectivity index (χ3v) is 3.26. The van der Waals surface area contributed by atoms with Crippen molar-refractivity contribution in [1.82, 2.24) is 4.90 Å². The molecule has 110 valence electrons. The van der Waals surface area contributed by atoms with Crippen LogP contribution < -0.4 is 11.1 Å². The van der Waals surface area contributed by atoms with Gasteiger partial charge in [0.05, 0.1) is 12.2 Å². The highest BCUT2D eigenvalue weighted by atomic mass is 16.2. The highest BCUT2D eigenvalue weighted by Crippen LogP contribution is 2.23. The lowest BCUT2D eigenvalue weighted by Crippen LogP contribution is -2.44. The number of amidine groups is 1. The van der Waals surface area contributed by atoms with Gasteiger partial charge in [-0.15, -0.1) is 0 Å². The first-order valence-corrected chi connectivity index (χ1v) is 6.87. The molecule has 0 atom stereocenters. The predicted octanol–water partition coefficient (Wildman–Crippen LogP) is 3.02. The second-order valence-corrected chi connectivity index (χ2v) is 5.20. The van der Waals surface area contributed by atoms with Crippen LogP contribution >= 0.6 is 0 Å². The number of carbonyl (C=O) groups excluding carboxylic acids is 1. The Labute approximate surface area is 124 Å². The van der Waals surface area contributed by atoms with Crippen molar-refractivity contribution in [3.63, 3.8) is 0 Å². The van der Waals surface area contributed by atoms with Gasteiger partial charge in [-0.2, -0.15) is 0 Å². The van der Waals surface area contributed by atoms with Crippen LogP contribution in [-0.4, -0.2) is 29.4 Å². The average Bonchev–Trinajstić information content (AvgIpc) is 2.44. The summed E-state index contributed by atoms with van der Waals surface area (Å²) >= 11 is 0. The van der Waals surface area contributed by atoms with E-state index in [0.29, 0.717) is 0 Å². The van der Waals surface area contributed by atoms with E-state index in [9.17, 15) is 4.79 Å². The number of hydrogen-bond donors (Lipinski definition) is 3. The highest BCUT2D eigenvalue weighted by Gasteiger charge is 2.18. The van der Waals surface area contributed by atoms with Gasteiger partial charge in [-0.3, -0.25) is 5.41 Å². The van der Waals surface area contributed by atoms with Crippen LogP contribution in [0, 0.1) is 5.41 Å². The molecule has 5 heteroatoms. The summed E-state index contributed by atoms with van der Waals surface area (Å²) in [6, 6.07) is 13.4. The number of nitrogens with one attached hydrogen (secondary N) is 2. The lowest BCUT2D eigenvalue weighted by atomic mass is 10.1. The second kappa shape index (κ2) is 6.26. The number of carbonyl (C=O) groups is 1. The van der Waals surface area contributed by atoms with Gasteiger partial charge in [-0.05, 0) is 25.3 Å². The maximum atomic E-state index is 12.4. The van der Waals surface area contributed by atoms with Gasteiger partial charge in [0.15, 0.2) is 0 Å². The van der Waals surface area contributed by atoms with E-state index in [4.69, 9.17) is 11.1 Å². The van der Waals surface area contributed by atoms with Gasteiger partial charge in [0.1, 0.15) is 5.84 Å². The van der Waals surface area contributed by atoms with Crippen LogP contribution in [0.2, 0.25) is 0 Å². The van der Waals surface area contributed by atoms with Crippen LogP contribution in [0.4, 0.5) is 10.5 Å². The van der Waals surface area contributed by atoms with Crippen molar-refractivity contribution in [3.05, 3.63) is 42.5 Å². The molecular formula is C16H20N4O. The minimum atomic E-state index is -0.253. The van der Waals surface area contributed by atoms with E-state index in [0.717, 1.165) is 16.5 Å². The molecule has 0 aromatic heterocycles. The molecule has 0 aliphatic rings. The largest absolute Gasteiger partial charge is 0.386 e. The Morgan fingerprint density at radius 2 is 1.90 bits per heavy atom. The number of hydrogen-bond acceptors (Lipinski definition) is 2. The molecule has 4 N–H and O–H groups in total. The van der Waals surface area contributed by atoms with Crippen LogP contribution in [0.1, 0.15) is 13.8 Å². The number of benzene rings is 2. The molecule has 0 spiro atoms. The molecule has 21 heavy (non-hydrogen) atoms. The van der Waals surface area contributed by atoms with Crippen LogP contribution in [0.3, 0.4) is 0 Å². The smallest absolute Gasteiger partial charge is 0.322 e. The zero-order chi connectivity index (χ0) is 15.4. The fraction of sp³-hybridized carbons (Fsp3) is 0.250. The lowest BCUT2D eigenvalue weighted by molar-refractivity contribution is 0.206. The molecular weight excluding hydrogens is 264 g/mol. The molecule has 2 aromatic carbocycles. The first kappa shape index (κ1) is 14.8. The van der Waals surface area contributed by atoms with E-state index >= 15 is 0 Å². The van der Waals surface area contributed by atoms with Crippen molar-refractivity contribution >= 4 is 28.3 Å². The monoisotopic (exact) mass is 284 g/mol. The zero-order valence-corrected chi connectivity index (χ0v) is 12.3. The van der Waals surface area contributed by atoms with Gasteiger partial charge in [0.2, 0.25) is 0 Å². The summed E-state index contributed by atoms with van der Waals surface area (Å²) in [5.41, 5.74) is 6.17. The molecule has 0 unspecified atom stereocenters. The Kier molecular flexibility index (Phi) is 4.42. The fourth-order valence-corrected chi connectivity index (χ4v) is 2.19. The Balaban J connectivity index is 2.26. The molecule has 2 amide bonds. The number of amides is 2. The molecule has 5 nitrogen and oxygen atoms in total. The van der Waals surface area contributed by atoms with Gasteiger partial charge in [0.25, 0.3) is 0 Å². The first-order valence-electron chi connectivity index (χ1n) is 6.87. The summed E-state index contributed by atoms with van der Waals surface area (Å²) in [4.78, 5) is 13.9. The summed E-state index contributed by atoms with van der Waals surface area (Å²) < 4.78 is 0. The van der Waals surface area contributed by atoms with Crippen LogP contribution in [0.15, 0.2) is 42.5 Å². The van der Waals surface area contributed by atoms with Crippen molar-refractivity contribution < 1.29 is 4.79 Å². The lowest BCUT2D eigenvalue weighted by Gasteiger charge is -2.26. The SMILES string of the molecule is CC(C)N(CC(=N)N)C(=O)Nc1cccc2ccccc12. The molecule has 0 saturated carbocycles. The van der Waals surface area contributed by atoms with Crippen LogP contribution in [0.25, 0.3) is 10.8 Å². The van der Waals surface area contributed by atoms with Gasteiger partial charge in [-0.25, -0.2) is 4.79 Å². The first-order chi connectivity index (χ1) is 9.99. The van der Waals surface area contributed by atoms with E-state index in [1.807, 2.05) is 56.3 Å². The Hall–Kier alpha value is -2.56. The normalized spacial score (nSPS) is 10.6. The van der Waals surface area contributed by atoms with Gasteiger partial charge >= 0.3 is 6.03 Å². The van der Waals surface area contributed by atoms with E-state index < -0.39 is 0 Å². The average molecular weight is 284 g/mol. The highest BCUT2D eigenvalue weighted by molar-refractivity contribution is 6.02.